The maximum Gasteiger partial charge on any atom is 0.0445 e. The van der Waals surface area contributed by atoms with Crippen LogP contribution in [0.5, 0.6) is 0 Å². The van der Waals surface area contributed by atoms with Crippen molar-refractivity contribution in [3.05, 3.63) is 23.5 Å². The summed E-state index contributed by atoms with van der Waals surface area (Å²) in [6.07, 6.45) is 4.35. The van der Waals surface area contributed by atoms with Crippen LogP contribution in [0.25, 0.3) is 0 Å². The van der Waals surface area contributed by atoms with Crippen LogP contribution >= 0.6 is 0 Å². The summed E-state index contributed by atoms with van der Waals surface area (Å²) < 4.78 is 0. The summed E-state index contributed by atoms with van der Waals surface area (Å²) in [6, 6.07) is 2.77. The fraction of sp³-hybridized carbons (Fsp3) is 0.643. The first-order chi connectivity index (χ1) is 8.61. The summed E-state index contributed by atoms with van der Waals surface area (Å²) in [6.45, 7) is 4.94. The Balaban J connectivity index is 2.17. The van der Waals surface area contributed by atoms with Crippen molar-refractivity contribution < 1.29 is 0 Å². The summed E-state index contributed by atoms with van der Waals surface area (Å²) in [4.78, 5) is 9.12. The molecule has 1 aliphatic rings. The Morgan fingerprint density at radius 3 is 2.72 bits per heavy atom. The predicted octanol–water partition coefficient (Wildman–Crippen LogP) is 1.38. The van der Waals surface area contributed by atoms with Gasteiger partial charge in [0, 0.05) is 42.8 Å². The minimum atomic E-state index is 0.555. The Labute approximate surface area is 110 Å². The van der Waals surface area contributed by atoms with E-state index in [4.69, 9.17) is 5.73 Å². The van der Waals surface area contributed by atoms with Crippen LogP contribution in [0.1, 0.15) is 24.1 Å². The first-order valence-corrected chi connectivity index (χ1v) is 6.68. The lowest BCUT2D eigenvalue weighted by molar-refractivity contribution is 0.252. The number of likely N-dealkylation sites (tertiary alicyclic amines) is 1. The van der Waals surface area contributed by atoms with Gasteiger partial charge in [-0.25, -0.2) is 0 Å². The molecule has 1 fully saturated rings. The maximum atomic E-state index is 5.82. The van der Waals surface area contributed by atoms with E-state index in [1.54, 1.807) is 0 Å². The van der Waals surface area contributed by atoms with Crippen LogP contribution in [-0.4, -0.2) is 43.1 Å². The van der Waals surface area contributed by atoms with E-state index in [1.165, 1.54) is 31.6 Å². The van der Waals surface area contributed by atoms with E-state index in [0.29, 0.717) is 12.6 Å². The van der Waals surface area contributed by atoms with Gasteiger partial charge < -0.3 is 15.5 Å². The van der Waals surface area contributed by atoms with Gasteiger partial charge in [0.25, 0.3) is 0 Å². The predicted molar refractivity (Wildman–Crippen MR) is 75.8 cm³/mol. The van der Waals surface area contributed by atoms with Crippen molar-refractivity contribution in [3.63, 3.8) is 0 Å². The molecule has 0 unspecified atom stereocenters. The van der Waals surface area contributed by atoms with Gasteiger partial charge in [-0.1, -0.05) is 0 Å². The molecule has 100 valence electrons. The molecular weight excluding hydrogens is 224 g/mol. The number of hydrogen-bond donors (Lipinski definition) is 1. The fourth-order valence-corrected chi connectivity index (χ4v) is 2.64. The van der Waals surface area contributed by atoms with E-state index in [2.05, 4.69) is 34.9 Å². The molecule has 4 heteroatoms. The smallest absolute Gasteiger partial charge is 0.0445 e. The van der Waals surface area contributed by atoms with Gasteiger partial charge in [0.15, 0.2) is 0 Å². The fourth-order valence-electron chi connectivity index (χ4n) is 2.64. The monoisotopic (exact) mass is 248 g/mol. The second-order valence-corrected chi connectivity index (χ2v) is 5.30. The molecule has 1 saturated heterocycles. The summed E-state index contributed by atoms with van der Waals surface area (Å²) in [5.41, 5.74) is 9.26. The summed E-state index contributed by atoms with van der Waals surface area (Å²) in [5, 5.41) is 0. The van der Waals surface area contributed by atoms with Gasteiger partial charge >= 0.3 is 0 Å². The second-order valence-electron chi connectivity index (χ2n) is 5.30. The topological polar surface area (TPSA) is 45.4 Å². The minimum absolute atomic E-state index is 0.555. The number of rotatable bonds is 3. The molecule has 0 aromatic carbocycles. The number of hydrogen-bond acceptors (Lipinski definition) is 4. The van der Waals surface area contributed by atoms with Gasteiger partial charge in [0.2, 0.25) is 0 Å². The molecule has 2 N–H and O–H groups in total. The molecule has 0 bridgehead atoms. The average molecular weight is 248 g/mol. The molecule has 2 rings (SSSR count). The lowest BCUT2D eigenvalue weighted by atomic mass is 10.0. The van der Waals surface area contributed by atoms with Crippen LogP contribution in [0.2, 0.25) is 0 Å². The Morgan fingerprint density at radius 2 is 2.11 bits per heavy atom. The third-order valence-corrected chi connectivity index (χ3v) is 3.93. The van der Waals surface area contributed by atoms with Crippen molar-refractivity contribution >= 4 is 5.69 Å². The summed E-state index contributed by atoms with van der Waals surface area (Å²) in [5.74, 6) is 0. The third kappa shape index (κ3) is 2.82. The van der Waals surface area contributed by atoms with E-state index in [0.717, 1.165) is 11.3 Å². The molecule has 18 heavy (non-hydrogen) atoms. The maximum absolute atomic E-state index is 5.82. The van der Waals surface area contributed by atoms with Crippen molar-refractivity contribution in [1.29, 1.82) is 0 Å². The van der Waals surface area contributed by atoms with E-state index in [1.807, 2.05) is 13.1 Å². The quantitative estimate of drug-likeness (QED) is 0.878. The van der Waals surface area contributed by atoms with E-state index in [9.17, 15) is 0 Å². The van der Waals surface area contributed by atoms with Crippen LogP contribution in [0.4, 0.5) is 5.69 Å². The molecule has 0 atom stereocenters. The van der Waals surface area contributed by atoms with Gasteiger partial charge in [-0.15, -0.1) is 0 Å². The van der Waals surface area contributed by atoms with E-state index in [-0.39, 0.29) is 0 Å². The average Bonchev–Trinajstić information content (AvgIpc) is 2.39. The zero-order chi connectivity index (χ0) is 13.1. The molecule has 0 radical (unpaired) electrons. The van der Waals surface area contributed by atoms with Gasteiger partial charge in [-0.2, -0.15) is 0 Å². The lowest BCUT2D eigenvalue weighted by Crippen LogP contribution is -2.42. The molecule has 1 aromatic rings. The Hall–Kier alpha value is -1.13. The number of aryl methyl sites for hydroxylation is 1. The van der Waals surface area contributed by atoms with Crippen molar-refractivity contribution in [2.24, 2.45) is 5.73 Å². The largest absolute Gasteiger partial charge is 0.371 e. The highest BCUT2D eigenvalue weighted by Gasteiger charge is 2.22. The molecule has 2 heterocycles. The number of nitrogens with two attached hydrogens (primary N) is 1. The SMILES string of the molecule is Cc1cc(N(C)C2CCN(C)CC2)c(CN)cn1. The zero-order valence-electron chi connectivity index (χ0n) is 11.7. The van der Waals surface area contributed by atoms with Gasteiger partial charge in [0.05, 0.1) is 0 Å². The Morgan fingerprint density at radius 1 is 1.44 bits per heavy atom. The first-order valence-electron chi connectivity index (χ1n) is 6.68. The molecule has 1 aliphatic heterocycles. The Bertz CT molecular complexity index is 397. The number of pyridine rings is 1. The van der Waals surface area contributed by atoms with Gasteiger partial charge in [-0.05, 0) is 46.0 Å². The number of anilines is 1. The van der Waals surface area contributed by atoms with Crippen LogP contribution in [-0.2, 0) is 6.54 Å². The van der Waals surface area contributed by atoms with Crippen LogP contribution in [0.15, 0.2) is 12.3 Å². The van der Waals surface area contributed by atoms with Crippen molar-refractivity contribution in [1.82, 2.24) is 9.88 Å². The molecule has 0 saturated carbocycles. The Kier molecular flexibility index (Phi) is 4.19. The lowest BCUT2D eigenvalue weighted by Gasteiger charge is -2.37. The highest BCUT2D eigenvalue weighted by atomic mass is 15.2. The third-order valence-electron chi connectivity index (χ3n) is 3.93. The van der Waals surface area contributed by atoms with Crippen LogP contribution in [0.3, 0.4) is 0 Å². The summed E-state index contributed by atoms with van der Waals surface area (Å²) in [7, 11) is 4.38. The summed E-state index contributed by atoms with van der Waals surface area (Å²) >= 11 is 0. The zero-order valence-corrected chi connectivity index (χ0v) is 11.7. The van der Waals surface area contributed by atoms with Crippen LogP contribution < -0.4 is 10.6 Å². The second kappa shape index (κ2) is 5.67. The molecule has 4 nitrogen and oxygen atoms in total. The molecular formula is C14H24N4. The highest BCUT2D eigenvalue weighted by Crippen LogP contribution is 2.25. The van der Waals surface area contributed by atoms with Crippen molar-refractivity contribution in [3.8, 4) is 0 Å². The number of aromatic nitrogens is 1. The van der Waals surface area contributed by atoms with Crippen LogP contribution in [0, 0.1) is 6.92 Å². The van der Waals surface area contributed by atoms with Gasteiger partial charge in [-0.3, -0.25) is 4.98 Å². The first kappa shape index (κ1) is 13.3. The number of nitrogens with zero attached hydrogens (tertiary/aromatic N) is 3. The number of piperidine rings is 1. The highest BCUT2D eigenvalue weighted by molar-refractivity contribution is 5.53. The molecule has 0 aliphatic carbocycles. The van der Waals surface area contributed by atoms with Crippen molar-refractivity contribution in [2.45, 2.75) is 32.4 Å². The molecule has 1 aromatic heterocycles. The van der Waals surface area contributed by atoms with E-state index >= 15 is 0 Å². The van der Waals surface area contributed by atoms with Crippen molar-refractivity contribution in [2.75, 3.05) is 32.1 Å². The normalized spacial score (nSPS) is 18.0. The standard InChI is InChI=1S/C14H24N4/c1-11-8-14(12(9-15)10-16-11)18(3)13-4-6-17(2)7-5-13/h8,10,13H,4-7,9,15H2,1-3H3. The molecule has 0 spiro atoms. The van der Waals surface area contributed by atoms with E-state index < -0.39 is 0 Å². The molecule has 0 amide bonds. The van der Waals surface area contributed by atoms with Gasteiger partial charge in [0.1, 0.15) is 0 Å². The minimum Gasteiger partial charge on any atom is -0.371 e.